The summed E-state index contributed by atoms with van der Waals surface area (Å²) in [6.07, 6.45) is 1.27. The second kappa shape index (κ2) is 10.7. The highest BCUT2D eigenvalue weighted by molar-refractivity contribution is 7.88. The van der Waals surface area contributed by atoms with Gasteiger partial charge >= 0.3 is 0 Å². The summed E-state index contributed by atoms with van der Waals surface area (Å²) in [7, 11) is -3.47. The Hall–Kier alpha value is -1.49. The lowest BCUT2D eigenvalue weighted by molar-refractivity contribution is -0.120. The second-order valence-electron chi connectivity index (χ2n) is 6.38. The molecule has 1 heterocycles. The minimum absolute atomic E-state index is 0.0335. The number of benzene rings is 1. The smallest absolute Gasteiger partial charge is 0.253 e. The Morgan fingerprint density at radius 3 is 2.37 bits per heavy atom. The van der Waals surface area contributed by atoms with Crippen molar-refractivity contribution in [3.8, 4) is 11.1 Å². The predicted octanol–water partition coefficient (Wildman–Crippen LogP) is 2.50. The number of alkyl halides is 3. The van der Waals surface area contributed by atoms with Crippen LogP contribution < -0.4 is 10.0 Å². The van der Waals surface area contributed by atoms with Crippen LogP contribution in [0.3, 0.4) is 0 Å². The molecule has 164 valence electrons. The molecule has 7 nitrogen and oxygen atoms in total. The zero-order chi connectivity index (χ0) is 22.5. The van der Waals surface area contributed by atoms with E-state index >= 15 is 0 Å². The third-order valence-electron chi connectivity index (χ3n) is 4.08. The quantitative estimate of drug-likeness (QED) is 0.460. The molecule has 0 aliphatic rings. The van der Waals surface area contributed by atoms with Crippen molar-refractivity contribution in [2.75, 3.05) is 12.1 Å². The highest BCUT2D eigenvalue weighted by atomic mass is 35.5. The largest absolute Gasteiger partial charge is 0.386 e. The van der Waals surface area contributed by atoms with E-state index in [9.17, 15) is 22.7 Å². The van der Waals surface area contributed by atoms with Gasteiger partial charge in [0, 0.05) is 17.6 Å². The number of halogens is 4. The summed E-state index contributed by atoms with van der Waals surface area (Å²) in [6.45, 7) is -0.257. The minimum Gasteiger partial charge on any atom is -0.386 e. The molecule has 0 bridgehead atoms. The molecule has 0 aliphatic heterocycles. The topological polar surface area (TPSA) is 108 Å². The van der Waals surface area contributed by atoms with Gasteiger partial charge < -0.3 is 10.4 Å². The highest BCUT2D eigenvalue weighted by Gasteiger charge is 2.24. The van der Waals surface area contributed by atoms with Crippen LogP contribution in [-0.2, 0) is 21.4 Å². The number of aliphatic hydroxyl groups excluding tert-OH is 1. The van der Waals surface area contributed by atoms with Crippen LogP contribution in [0.4, 0.5) is 4.39 Å². The summed E-state index contributed by atoms with van der Waals surface area (Å²) in [5.74, 6) is -1.41. The molecule has 1 amide bonds. The van der Waals surface area contributed by atoms with E-state index < -0.39 is 38.7 Å². The van der Waals surface area contributed by atoms with Gasteiger partial charge in [0.25, 0.3) is 5.91 Å². The number of rotatable bonds is 9. The Labute approximate surface area is 188 Å². The third-order valence-corrected chi connectivity index (χ3v) is 5.48. The number of carbonyl (C=O) groups is 1. The molecule has 0 spiro atoms. The maximum Gasteiger partial charge on any atom is 0.253 e. The summed E-state index contributed by atoms with van der Waals surface area (Å²) in [4.78, 5) is 14.3. The maximum atomic E-state index is 14.2. The number of pyridine rings is 1. The first kappa shape index (κ1) is 24.8. The molecule has 12 heteroatoms. The van der Waals surface area contributed by atoms with E-state index in [-0.39, 0.29) is 18.1 Å². The number of amides is 1. The van der Waals surface area contributed by atoms with Crippen LogP contribution in [0, 0.1) is 5.82 Å². The molecule has 2 aromatic rings. The Morgan fingerprint density at radius 1 is 1.23 bits per heavy atom. The Kier molecular flexibility index (Phi) is 8.84. The number of hydrogen-bond acceptors (Lipinski definition) is 5. The lowest BCUT2D eigenvalue weighted by Gasteiger charge is -2.23. The number of sulfonamides is 1. The first-order chi connectivity index (χ1) is 14.0. The van der Waals surface area contributed by atoms with Gasteiger partial charge in [-0.25, -0.2) is 17.5 Å². The van der Waals surface area contributed by atoms with E-state index in [1.165, 1.54) is 12.3 Å². The maximum absolute atomic E-state index is 14.2. The molecule has 30 heavy (non-hydrogen) atoms. The van der Waals surface area contributed by atoms with Gasteiger partial charge in [0.1, 0.15) is 11.9 Å². The van der Waals surface area contributed by atoms with E-state index in [4.69, 9.17) is 34.8 Å². The lowest BCUT2D eigenvalue weighted by atomic mass is 9.99. The van der Waals surface area contributed by atoms with Gasteiger partial charge in [-0.1, -0.05) is 47.5 Å². The number of nitrogens with zero attached hydrogens (tertiary/aromatic N) is 1. The first-order valence-corrected chi connectivity index (χ1v) is 11.8. The number of aromatic nitrogens is 1. The van der Waals surface area contributed by atoms with Crippen molar-refractivity contribution in [1.82, 2.24) is 15.0 Å². The van der Waals surface area contributed by atoms with Crippen molar-refractivity contribution < 1.29 is 22.7 Å². The molecule has 0 radical (unpaired) electrons. The molecular formula is C18H19Cl3FN3O4S. The average molecular weight is 499 g/mol. The summed E-state index contributed by atoms with van der Waals surface area (Å²) in [6, 6.07) is 6.90. The van der Waals surface area contributed by atoms with Crippen molar-refractivity contribution in [1.29, 1.82) is 0 Å². The predicted molar refractivity (Wildman–Crippen MR) is 114 cm³/mol. The van der Waals surface area contributed by atoms with Crippen LogP contribution in [0.25, 0.3) is 11.1 Å². The molecule has 0 fully saturated rings. The standard InChI is InChI=1S/C18H19Cl3FN3O4S/c1-30(28,29)24-9-15-13(22)6-12(8-23-15)10-2-4-11(5-3-10)16(26)14(7-19)25-18(27)17(20)21/h2-6,8,14,16-17,24,26H,7,9H2,1H3,(H,25,27)/t14-,16+/m1/s1. The van der Waals surface area contributed by atoms with Crippen LogP contribution in [0.2, 0.25) is 0 Å². The third kappa shape index (κ3) is 7.04. The first-order valence-electron chi connectivity index (χ1n) is 8.53. The van der Waals surface area contributed by atoms with Gasteiger partial charge in [0.2, 0.25) is 10.0 Å². The van der Waals surface area contributed by atoms with Crippen LogP contribution in [0.5, 0.6) is 0 Å². The summed E-state index contributed by atoms with van der Waals surface area (Å²) >= 11 is 16.8. The average Bonchev–Trinajstić information content (AvgIpc) is 2.69. The Balaban J connectivity index is 2.14. The SMILES string of the molecule is CS(=O)(=O)NCc1ncc(-c2ccc([C@H](O)[C@@H](CCl)NC(=O)C(Cl)Cl)cc2)cc1F. The van der Waals surface area contributed by atoms with Gasteiger partial charge in [-0.3, -0.25) is 9.78 Å². The van der Waals surface area contributed by atoms with Crippen molar-refractivity contribution >= 4 is 50.7 Å². The van der Waals surface area contributed by atoms with Gasteiger partial charge in [-0.05, 0) is 17.2 Å². The van der Waals surface area contributed by atoms with Crippen LogP contribution in [0.15, 0.2) is 36.5 Å². The Bertz CT molecular complexity index is 991. The van der Waals surface area contributed by atoms with Gasteiger partial charge in [0.05, 0.1) is 24.5 Å². The van der Waals surface area contributed by atoms with Crippen molar-refractivity contribution in [3.63, 3.8) is 0 Å². The highest BCUT2D eigenvalue weighted by Crippen LogP contribution is 2.25. The van der Waals surface area contributed by atoms with E-state index in [0.29, 0.717) is 16.7 Å². The van der Waals surface area contributed by atoms with Crippen molar-refractivity contribution in [3.05, 3.63) is 53.6 Å². The molecule has 0 unspecified atom stereocenters. The van der Waals surface area contributed by atoms with Crippen LogP contribution in [-0.4, -0.2) is 47.4 Å². The molecule has 1 aromatic heterocycles. The van der Waals surface area contributed by atoms with E-state index in [0.717, 1.165) is 6.26 Å². The fourth-order valence-electron chi connectivity index (χ4n) is 2.51. The summed E-state index contributed by atoms with van der Waals surface area (Å²) < 4.78 is 38.7. The molecule has 0 saturated carbocycles. The number of aliphatic hydroxyl groups is 1. The molecule has 3 N–H and O–H groups in total. The number of hydrogen-bond donors (Lipinski definition) is 3. The minimum atomic E-state index is -3.47. The molecular weight excluding hydrogens is 480 g/mol. The number of carbonyl (C=O) groups excluding carboxylic acids is 1. The fraction of sp³-hybridized carbons (Fsp3) is 0.333. The molecule has 0 saturated heterocycles. The van der Waals surface area contributed by atoms with Crippen LogP contribution >= 0.6 is 34.8 Å². The molecule has 2 rings (SSSR count). The van der Waals surface area contributed by atoms with Gasteiger partial charge in [-0.2, -0.15) is 0 Å². The number of nitrogens with one attached hydrogen (secondary N) is 2. The molecule has 0 aliphatic carbocycles. The molecule has 2 atom stereocenters. The Morgan fingerprint density at radius 2 is 1.87 bits per heavy atom. The van der Waals surface area contributed by atoms with Crippen molar-refractivity contribution in [2.24, 2.45) is 0 Å². The zero-order valence-electron chi connectivity index (χ0n) is 15.6. The normalized spacial score (nSPS) is 13.8. The van der Waals surface area contributed by atoms with E-state index in [2.05, 4.69) is 15.0 Å². The zero-order valence-corrected chi connectivity index (χ0v) is 18.7. The monoisotopic (exact) mass is 497 g/mol. The van der Waals surface area contributed by atoms with Crippen molar-refractivity contribution in [2.45, 2.75) is 23.5 Å². The van der Waals surface area contributed by atoms with Crippen LogP contribution in [0.1, 0.15) is 17.4 Å². The van der Waals surface area contributed by atoms with Gasteiger partial charge in [0.15, 0.2) is 4.84 Å². The molecule has 1 aromatic carbocycles. The van der Waals surface area contributed by atoms with E-state index in [1.54, 1.807) is 24.3 Å². The van der Waals surface area contributed by atoms with E-state index in [1.807, 2.05) is 0 Å². The fourth-order valence-corrected chi connectivity index (χ4v) is 3.28. The second-order valence-corrected chi connectivity index (χ2v) is 9.62. The lowest BCUT2D eigenvalue weighted by Crippen LogP contribution is -2.43. The summed E-state index contributed by atoms with van der Waals surface area (Å²) in [5.41, 5.74) is 1.51. The summed E-state index contributed by atoms with van der Waals surface area (Å²) in [5, 5.41) is 12.9. The van der Waals surface area contributed by atoms with Gasteiger partial charge in [-0.15, -0.1) is 11.6 Å².